The summed E-state index contributed by atoms with van der Waals surface area (Å²) in [6.45, 7) is 3.33. The predicted molar refractivity (Wildman–Crippen MR) is 108 cm³/mol. The number of hydrogen-bond donors (Lipinski definition) is 4. The second-order valence-corrected chi connectivity index (χ2v) is 8.57. The molecule has 13 heteroatoms. The molecule has 0 aromatic rings. The molecule has 0 radical (unpaired) electrons. The van der Waals surface area contributed by atoms with Crippen molar-refractivity contribution in [3.8, 4) is 0 Å². The number of carbonyl (C=O) groups excluding carboxylic acids is 3. The van der Waals surface area contributed by atoms with Gasteiger partial charge in [0.1, 0.15) is 6.23 Å². The minimum atomic E-state index is -4.91. The van der Waals surface area contributed by atoms with Gasteiger partial charge in [-0.3, -0.25) is 14.1 Å². The smallest absolute Gasteiger partial charge is 1.00 e. The van der Waals surface area contributed by atoms with Crippen molar-refractivity contribution in [1.29, 1.82) is 0 Å². The van der Waals surface area contributed by atoms with E-state index in [0.29, 0.717) is 6.42 Å². The van der Waals surface area contributed by atoms with E-state index in [1.165, 1.54) is 32.1 Å². The molecule has 0 heterocycles. The van der Waals surface area contributed by atoms with Gasteiger partial charge in [0, 0.05) is 6.42 Å². The van der Waals surface area contributed by atoms with E-state index in [4.69, 9.17) is 9.66 Å². The molecular weight excluding hydrogens is 450 g/mol. The topological polar surface area (TPSA) is 159 Å². The zero-order valence-electron chi connectivity index (χ0n) is 21.2. The van der Waals surface area contributed by atoms with Gasteiger partial charge in [-0.15, -0.1) is 0 Å². The molecule has 2 amide bonds. The summed E-state index contributed by atoms with van der Waals surface area (Å²) >= 11 is 0. The molecule has 0 aromatic heterocycles. The predicted octanol–water partition coefficient (Wildman–Crippen LogP) is -4.18. The van der Waals surface area contributed by atoms with Crippen LogP contribution < -0.4 is 69.9 Å². The van der Waals surface area contributed by atoms with Crippen LogP contribution in [0.3, 0.4) is 0 Å². The second-order valence-electron chi connectivity index (χ2n) is 6.97. The van der Waals surface area contributed by atoms with Gasteiger partial charge in [0.25, 0.3) is 16.0 Å². The first-order valence-electron chi connectivity index (χ1n) is 10.0. The van der Waals surface area contributed by atoms with Crippen LogP contribution in [-0.2, 0) is 29.3 Å². The Hall–Kier alpha value is 0.280. The Balaban J connectivity index is -0.000000653. The van der Waals surface area contributed by atoms with Crippen LogP contribution in [0.5, 0.6) is 0 Å². The molecule has 0 aromatic carbocycles. The molecule has 4 N–H and O–H groups in total. The Morgan fingerprint density at radius 3 is 1.90 bits per heavy atom. The van der Waals surface area contributed by atoms with Crippen LogP contribution in [0, 0.1) is 0 Å². The van der Waals surface area contributed by atoms with Crippen molar-refractivity contribution >= 4 is 27.9 Å². The summed E-state index contributed by atoms with van der Waals surface area (Å²) in [5.41, 5.74) is 1.90. The summed E-state index contributed by atoms with van der Waals surface area (Å²) in [4.78, 5) is 39.4. The third-order valence-electron chi connectivity index (χ3n) is 4.14. The third-order valence-corrected chi connectivity index (χ3v) is 5.24. The van der Waals surface area contributed by atoms with E-state index in [1.807, 2.05) is 10.8 Å². The number of rotatable bonds is 15. The third kappa shape index (κ3) is 20.6. The molecule has 0 aliphatic rings. The van der Waals surface area contributed by atoms with Gasteiger partial charge >= 0.3 is 65.1 Å². The number of hydrogen-bond acceptors (Lipinski definition) is 7. The van der Waals surface area contributed by atoms with Gasteiger partial charge in [-0.25, -0.2) is 4.79 Å². The van der Waals surface area contributed by atoms with Crippen LogP contribution in [0.1, 0.15) is 87.3 Å². The van der Waals surface area contributed by atoms with Gasteiger partial charge in [0.05, 0.1) is 6.42 Å². The molecule has 31 heavy (non-hydrogen) atoms. The Labute approximate surface area is 232 Å². The van der Waals surface area contributed by atoms with Crippen LogP contribution in [0.15, 0.2) is 0 Å². The fraction of sp³-hybridized carbons (Fsp3) is 0.833. The van der Waals surface area contributed by atoms with Crippen LogP contribution in [-0.4, -0.2) is 47.3 Å². The average Bonchev–Trinajstić information content (AvgIpc) is 2.61. The van der Waals surface area contributed by atoms with E-state index < -0.39 is 45.8 Å². The normalized spacial score (nSPS) is 12.5. The molecule has 2 unspecified atom stereocenters. The number of unbranched alkanes of at least 4 members (excludes halogenated alkanes) is 8. The summed E-state index contributed by atoms with van der Waals surface area (Å²) in [7, 11) is -4.91. The minimum Gasteiger partial charge on any atom is -1.00 e. The van der Waals surface area contributed by atoms with Gasteiger partial charge in [0.15, 0.2) is 5.25 Å². The van der Waals surface area contributed by atoms with Gasteiger partial charge in [0.2, 0.25) is 5.91 Å². The molecular formula is C18H36N2Na2O8S. The quantitative estimate of drug-likeness (QED) is 0.0596. The monoisotopic (exact) mass is 486 g/mol. The molecule has 0 fully saturated rings. The zero-order chi connectivity index (χ0) is 22.3. The number of hydroxylamine groups is 1. The van der Waals surface area contributed by atoms with E-state index in [1.54, 1.807) is 0 Å². The largest absolute Gasteiger partial charge is 1.00 e. The van der Waals surface area contributed by atoms with Gasteiger partial charge < -0.3 is 18.1 Å². The summed E-state index contributed by atoms with van der Waals surface area (Å²) in [5.74, 6) is -3.02. The second kappa shape index (κ2) is 20.9. The number of aliphatic hydroxyl groups is 1. The molecule has 10 nitrogen and oxygen atoms in total. The maximum Gasteiger partial charge on any atom is 1.00 e. The Kier molecular flexibility index (Phi) is 24.1. The average molecular weight is 487 g/mol. The molecule has 0 saturated carbocycles. The van der Waals surface area contributed by atoms with Crippen molar-refractivity contribution in [2.75, 3.05) is 0 Å². The van der Waals surface area contributed by atoms with Crippen LogP contribution in [0.4, 0.5) is 0 Å². The summed E-state index contributed by atoms with van der Waals surface area (Å²) in [5, 5.41) is 8.76. The van der Waals surface area contributed by atoms with Crippen molar-refractivity contribution in [3.05, 3.63) is 0 Å². The van der Waals surface area contributed by atoms with Crippen molar-refractivity contribution in [1.82, 2.24) is 10.8 Å². The van der Waals surface area contributed by atoms with Crippen molar-refractivity contribution < 1.29 is 99.3 Å². The van der Waals surface area contributed by atoms with Gasteiger partial charge in [-0.1, -0.05) is 58.3 Å². The molecule has 0 saturated heterocycles. The van der Waals surface area contributed by atoms with Gasteiger partial charge in [-0.05, 0) is 13.3 Å². The van der Waals surface area contributed by atoms with Crippen molar-refractivity contribution in [2.45, 2.75) is 96.0 Å². The molecule has 0 aliphatic carbocycles. The number of amides is 2. The first-order valence-corrected chi connectivity index (χ1v) is 11.5. The summed E-state index contributed by atoms with van der Waals surface area (Å²) in [6, 6.07) is 0. The van der Waals surface area contributed by atoms with E-state index in [2.05, 4.69) is 11.8 Å². The number of carbonyl (C=O) groups is 3. The molecule has 0 rings (SSSR count). The first kappa shape index (κ1) is 35.9. The molecule has 0 aliphatic heterocycles. The van der Waals surface area contributed by atoms with Crippen molar-refractivity contribution in [2.24, 2.45) is 0 Å². The Bertz CT molecular complexity index is 629. The fourth-order valence-corrected chi connectivity index (χ4v) is 3.27. The fourth-order valence-electron chi connectivity index (χ4n) is 2.59. The maximum atomic E-state index is 11.7. The van der Waals surface area contributed by atoms with E-state index in [-0.39, 0.29) is 68.4 Å². The number of nitrogens with one attached hydrogen (secondary N) is 2. The molecule has 0 bridgehead atoms. The summed E-state index contributed by atoms with van der Waals surface area (Å²) < 4.78 is 31.6. The number of aliphatic hydroxyl groups excluding tert-OH is 1. The molecule has 174 valence electrons. The first-order chi connectivity index (χ1) is 13.6. The van der Waals surface area contributed by atoms with Crippen LogP contribution in [0.25, 0.3) is 0 Å². The Morgan fingerprint density at radius 2 is 1.45 bits per heavy atom. The minimum absolute atomic E-state index is 0. The van der Waals surface area contributed by atoms with Crippen LogP contribution in [0.2, 0.25) is 0 Å². The van der Waals surface area contributed by atoms with Gasteiger partial charge in [-0.2, -0.15) is 13.9 Å². The SMILES string of the molecule is CCCCCCCCCCCC(=O)NOC(=O)CC(C(=O)NC(C)O)S(=O)(=O)O.[H-].[H-].[Na+].[Na+]. The zero-order valence-corrected chi connectivity index (χ0v) is 24.0. The van der Waals surface area contributed by atoms with E-state index in [9.17, 15) is 22.8 Å². The van der Waals surface area contributed by atoms with Crippen LogP contribution >= 0.6 is 0 Å². The van der Waals surface area contributed by atoms with E-state index >= 15 is 0 Å². The van der Waals surface area contributed by atoms with Crippen molar-refractivity contribution in [3.63, 3.8) is 0 Å². The standard InChI is InChI=1S/C18H34N2O8S.2Na.2H/c1-3-4-5-6-7-8-9-10-11-12-16(22)20-28-17(23)13-15(29(25,26)27)18(24)19-14(2)21;;;;/h14-15,21H,3-13H2,1-2H3,(H,19,24)(H,20,22)(H,25,26,27);;;;/q;2*+1;2*-1. The molecule has 0 spiro atoms. The van der Waals surface area contributed by atoms with E-state index in [0.717, 1.165) is 26.2 Å². The summed E-state index contributed by atoms with van der Waals surface area (Å²) in [6.07, 6.45) is 7.53. The Morgan fingerprint density at radius 1 is 0.968 bits per heavy atom. The molecule has 2 atom stereocenters. The maximum absolute atomic E-state index is 11.7.